The topological polar surface area (TPSA) is 57.8 Å². The molecule has 0 saturated carbocycles. The molecule has 0 unspecified atom stereocenters. The van der Waals surface area contributed by atoms with Crippen molar-refractivity contribution in [3.05, 3.63) is 58.6 Å². The van der Waals surface area contributed by atoms with E-state index in [9.17, 15) is 9.18 Å². The normalized spacial score (nSPS) is 10.7. The van der Waals surface area contributed by atoms with Gasteiger partial charge in [0.25, 0.3) is 5.91 Å². The number of halogens is 2. The monoisotopic (exact) mass is 333 g/mol. The maximum absolute atomic E-state index is 13.2. The van der Waals surface area contributed by atoms with Crippen LogP contribution in [0.25, 0.3) is 11.0 Å². The summed E-state index contributed by atoms with van der Waals surface area (Å²) in [5, 5.41) is 2.66. The molecule has 0 aliphatic carbocycles. The van der Waals surface area contributed by atoms with E-state index in [4.69, 9.17) is 0 Å². The number of carbonyl (C=O) groups is 1. The number of amides is 1. The largest absolute Gasteiger partial charge is 0.345 e. The van der Waals surface area contributed by atoms with Crippen molar-refractivity contribution in [3.63, 3.8) is 0 Å². The molecular formula is C14H9BrFN3O. The Morgan fingerprint density at radius 2 is 2.10 bits per heavy atom. The summed E-state index contributed by atoms with van der Waals surface area (Å²) in [6, 6.07) is 9.24. The first-order valence-corrected chi connectivity index (χ1v) is 6.62. The first kappa shape index (κ1) is 12.8. The zero-order chi connectivity index (χ0) is 14.1. The van der Waals surface area contributed by atoms with Crippen LogP contribution < -0.4 is 5.32 Å². The second-order valence-corrected chi connectivity index (χ2v) is 5.07. The molecule has 0 atom stereocenters. The van der Waals surface area contributed by atoms with Crippen LogP contribution in [-0.2, 0) is 0 Å². The average molecular weight is 334 g/mol. The van der Waals surface area contributed by atoms with Gasteiger partial charge in [-0.15, -0.1) is 0 Å². The standard InChI is InChI=1S/C14H9BrFN3O/c15-10-3-2-9(16)6-12(10)19-14(20)8-1-4-11-13(5-8)18-7-17-11/h1-7H,(H,17,18)(H,19,20). The number of aromatic nitrogens is 2. The van der Waals surface area contributed by atoms with E-state index < -0.39 is 5.82 Å². The summed E-state index contributed by atoms with van der Waals surface area (Å²) < 4.78 is 13.8. The molecule has 20 heavy (non-hydrogen) atoms. The molecule has 2 N–H and O–H groups in total. The Labute approximate surface area is 122 Å². The Hall–Kier alpha value is -2.21. The zero-order valence-electron chi connectivity index (χ0n) is 10.2. The van der Waals surface area contributed by atoms with Crippen LogP contribution in [0.3, 0.4) is 0 Å². The number of rotatable bonds is 2. The predicted octanol–water partition coefficient (Wildman–Crippen LogP) is 3.72. The SMILES string of the molecule is O=C(Nc1cc(F)ccc1Br)c1ccc2nc[nH]c2c1. The average Bonchev–Trinajstić information content (AvgIpc) is 2.90. The quantitative estimate of drug-likeness (QED) is 0.750. The lowest BCUT2D eigenvalue weighted by molar-refractivity contribution is 0.102. The zero-order valence-corrected chi connectivity index (χ0v) is 11.7. The van der Waals surface area contributed by atoms with Gasteiger partial charge in [0.05, 0.1) is 23.0 Å². The minimum atomic E-state index is -0.410. The summed E-state index contributed by atoms with van der Waals surface area (Å²) in [4.78, 5) is 19.2. The molecule has 1 heterocycles. The summed E-state index contributed by atoms with van der Waals surface area (Å²) in [6.45, 7) is 0. The molecule has 0 bridgehead atoms. The van der Waals surface area contributed by atoms with Crippen LogP contribution in [-0.4, -0.2) is 15.9 Å². The van der Waals surface area contributed by atoms with Crippen molar-refractivity contribution in [1.29, 1.82) is 0 Å². The summed E-state index contributed by atoms with van der Waals surface area (Å²) in [5.74, 6) is -0.722. The second-order valence-electron chi connectivity index (χ2n) is 4.21. The molecule has 1 aromatic heterocycles. The molecule has 0 fully saturated rings. The number of H-pyrrole nitrogens is 1. The number of nitrogens with zero attached hydrogens (tertiary/aromatic N) is 1. The van der Waals surface area contributed by atoms with Gasteiger partial charge in [-0.05, 0) is 52.3 Å². The number of benzene rings is 2. The Morgan fingerprint density at radius 3 is 2.95 bits per heavy atom. The van der Waals surface area contributed by atoms with Crippen molar-refractivity contribution in [1.82, 2.24) is 9.97 Å². The molecule has 4 nitrogen and oxygen atoms in total. The molecule has 3 aromatic rings. The maximum atomic E-state index is 13.2. The number of anilines is 1. The lowest BCUT2D eigenvalue weighted by atomic mass is 10.2. The van der Waals surface area contributed by atoms with E-state index in [1.54, 1.807) is 30.6 Å². The van der Waals surface area contributed by atoms with Crippen molar-refractivity contribution in [2.75, 3.05) is 5.32 Å². The molecule has 0 saturated heterocycles. The number of hydrogen-bond acceptors (Lipinski definition) is 2. The molecular weight excluding hydrogens is 325 g/mol. The highest BCUT2D eigenvalue weighted by molar-refractivity contribution is 9.10. The van der Waals surface area contributed by atoms with E-state index in [1.807, 2.05) is 0 Å². The van der Waals surface area contributed by atoms with Gasteiger partial charge in [0.1, 0.15) is 5.82 Å². The smallest absolute Gasteiger partial charge is 0.255 e. The fourth-order valence-corrected chi connectivity index (χ4v) is 2.21. The van der Waals surface area contributed by atoms with Gasteiger partial charge in [-0.25, -0.2) is 9.37 Å². The molecule has 0 radical (unpaired) electrons. The van der Waals surface area contributed by atoms with Crippen molar-refractivity contribution in [3.8, 4) is 0 Å². The summed E-state index contributed by atoms with van der Waals surface area (Å²) in [5.41, 5.74) is 2.42. The van der Waals surface area contributed by atoms with Crippen LogP contribution in [0.1, 0.15) is 10.4 Å². The van der Waals surface area contributed by atoms with Crippen LogP contribution in [0.4, 0.5) is 10.1 Å². The third-order valence-electron chi connectivity index (χ3n) is 2.86. The second kappa shape index (κ2) is 5.05. The van der Waals surface area contributed by atoms with E-state index in [1.165, 1.54) is 12.1 Å². The van der Waals surface area contributed by atoms with Crippen molar-refractivity contribution >= 4 is 38.6 Å². The highest BCUT2D eigenvalue weighted by Crippen LogP contribution is 2.24. The molecule has 2 aromatic carbocycles. The fourth-order valence-electron chi connectivity index (χ4n) is 1.86. The minimum absolute atomic E-state index is 0.312. The summed E-state index contributed by atoms with van der Waals surface area (Å²) in [7, 11) is 0. The number of imidazole rings is 1. The maximum Gasteiger partial charge on any atom is 0.255 e. The molecule has 100 valence electrons. The molecule has 3 rings (SSSR count). The third kappa shape index (κ3) is 2.42. The first-order valence-electron chi connectivity index (χ1n) is 5.83. The van der Waals surface area contributed by atoms with Crippen LogP contribution >= 0.6 is 15.9 Å². The molecule has 0 aliphatic rings. The molecule has 0 aliphatic heterocycles. The number of hydrogen-bond donors (Lipinski definition) is 2. The highest BCUT2D eigenvalue weighted by Gasteiger charge is 2.10. The van der Waals surface area contributed by atoms with Gasteiger partial charge < -0.3 is 10.3 Å². The van der Waals surface area contributed by atoms with Gasteiger partial charge in [0, 0.05) is 10.0 Å². The van der Waals surface area contributed by atoms with E-state index >= 15 is 0 Å². The van der Waals surface area contributed by atoms with Crippen LogP contribution in [0.5, 0.6) is 0 Å². The van der Waals surface area contributed by atoms with Crippen molar-refractivity contribution < 1.29 is 9.18 Å². The van der Waals surface area contributed by atoms with Gasteiger partial charge in [-0.2, -0.15) is 0 Å². The number of carbonyl (C=O) groups excluding carboxylic acids is 1. The summed E-state index contributed by atoms with van der Waals surface area (Å²) >= 11 is 3.27. The van der Waals surface area contributed by atoms with Crippen molar-refractivity contribution in [2.24, 2.45) is 0 Å². The van der Waals surface area contributed by atoms with Crippen LogP contribution in [0.15, 0.2) is 47.2 Å². The molecule has 1 amide bonds. The lowest BCUT2D eigenvalue weighted by Crippen LogP contribution is -2.12. The fraction of sp³-hybridized carbons (Fsp3) is 0. The lowest BCUT2D eigenvalue weighted by Gasteiger charge is -2.07. The Balaban J connectivity index is 1.90. The van der Waals surface area contributed by atoms with Crippen LogP contribution in [0.2, 0.25) is 0 Å². The summed E-state index contributed by atoms with van der Waals surface area (Å²) in [6.07, 6.45) is 1.56. The molecule has 0 spiro atoms. The Kier molecular flexibility index (Phi) is 3.23. The molecule has 6 heteroatoms. The number of fused-ring (bicyclic) bond motifs is 1. The van der Waals surface area contributed by atoms with Gasteiger partial charge in [-0.3, -0.25) is 4.79 Å². The first-order chi connectivity index (χ1) is 9.63. The van der Waals surface area contributed by atoms with E-state index in [-0.39, 0.29) is 5.91 Å². The Morgan fingerprint density at radius 1 is 1.25 bits per heavy atom. The van der Waals surface area contributed by atoms with E-state index in [0.717, 1.165) is 11.0 Å². The Bertz CT molecular complexity index is 800. The van der Waals surface area contributed by atoms with Crippen molar-refractivity contribution in [2.45, 2.75) is 0 Å². The van der Waals surface area contributed by atoms with E-state index in [0.29, 0.717) is 15.7 Å². The van der Waals surface area contributed by atoms with Gasteiger partial charge in [0.15, 0.2) is 0 Å². The predicted molar refractivity (Wildman–Crippen MR) is 78.1 cm³/mol. The number of nitrogens with one attached hydrogen (secondary N) is 2. The highest BCUT2D eigenvalue weighted by atomic mass is 79.9. The van der Waals surface area contributed by atoms with Gasteiger partial charge in [-0.1, -0.05) is 0 Å². The van der Waals surface area contributed by atoms with Gasteiger partial charge in [0.2, 0.25) is 0 Å². The van der Waals surface area contributed by atoms with Crippen LogP contribution in [0, 0.1) is 5.82 Å². The van der Waals surface area contributed by atoms with E-state index in [2.05, 4.69) is 31.2 Å². The minimum Gasteiger partial charge on any atom is -0.345 e. The van der Waals surface area contributed by atoms with Gasteiger partial charge >= 0.3 is 0 Å². The number of aromatic amines is 1. The third-order valence-corrected chi connectivity index (χ3v) is 3.55.